The predicted molar refractivity (Wildman–Crippen MR) is 119 cm³/mol. The quantitative estimate of drug-likeness (QED) is 0.457. The first-order valence-electron chi connectivity index (χ1n) is 9.20. The minimum absolute atomic E-state index is 0.225. The smallest absolute Gasteiger partial charge is 0.282 e. The molecule has 1 atom stereocenters. The molecule has 0 saturated heterocycles. The van der Waals surface area contributed by atoms with Gasteiger partial charge in [-0.3, -0.25) is 9.48 Å². The summed E-state index contributed by atoms with van der Waals surface area (Å²) in [4.78, 5) is 21.6. The van der Waals surface area contributed by atoms with Gasteiger partial charge in [-0.25, -0.2) is 9.97 Å². The number of aryl methyl sites for hydroxylation is 1. The Morgan fingerprint density at radius 1 is 1.23 bits per heavy atom. The highest BCUT2D eigenvalue weighted by Gasteiger charge is 2.34. The molecule has 1 unspecified atom stereocenters. The van der Waals surface area contributed by atoms with Gasteiger partial charge in [0.25, 0.3) is 5.91 Å². The van der Waals surface area contributed by atoms with Gasteiger partial charge in [0.15, 0.2) is 0 Å². The van der Waals surface area contributed by atoms with Gasteiger partial charge in [-0.05, 0) is 31.2 Å². The standard InChI is InChI=1S/C20H17Cl2N7OS/c1-20(12-9-26-29(2)10-12,19-23-6-3-7-24-19)11-25-16(30)18-28-27-17(31-18)14-5-4-13(21)8-15(14)22/h3-10H,11H2,1-2H3,(H,25,30). The number of halogens is 2. The van der Waals surface area contributed by atoms with Crippen molar-refractivity contribution in [3.05, 3.63) is 75.5 Å². The number of nitrogens with one attached hydrogen (secondary N) is 1. The van der Waals surface area contributed by atoms with Gasteiger partial charge in [0.05, 0.1) is 16.6 Å². The Kier molecular flexibility index (Phi) is 5.99. The number of carbonyl (C=O) groups excluding carboxylic acids is 1. The van der Waals surface area contributed by atoms with Crippen LogP contribution in [0.25, 0.3) is 10.6 Å². The molecule has 0 aliphatic heterocycles. The Bertz CT molecular complexity index is 1230. The van der Waals surface area contributed by atoms with Gasteiger partial charge in [-0.15, -0.1) is 10.2 Å². The molecule has 0 spiro atoms. The highest BCUT2D eigenvalue weighted by Crippen LogP contribution is 2.32. The van der Waals surface area contributed by atoms with E-state index in [2.05, 4.69) is 30.6 Å². The van der Waals surface area contributed by atoms with E-state index >= 15 is 0 Å². The molecule has 4 rings (SSSR count). The first kappa shape index (κ1) is 21.4. The summed E-state index contributed by atoms with van der Waals surface area (Å²) in [5.74, 6) is 0.231. The Morgan fingerprint density at radius 2 is 2.00 bits per heavy atom. The maximum Gasteiger partial charge on any atom is 0.282 e. The summed E-state index contributed by atoms with van der Waals surface area (Å²) in [5.41, 5.74) is 0.867. The van der Waals surface area contributed by atoms with Crippen molar-refractivity contribution >= 4 is 40.4 Å². The summed E-state index contributed by atoms with van der Waals surface area (Å²) >= 11 is 13.3. The van der Waals surface area contributed by atoms with Crippen LogP contribution in [0.2, 0.25) is 10.0 Å². The second kappa shape index (κ2) is 8.70. The van der Waals surface area contributed by atoms with E-state index in [1.165, 1.54) is 0 Å². The second-order valence-corrected chi connectivity index (χ2v) is 8.85. The van der Waals surface area contributed by atoms with Crippen molar-refractivity contribution in [2.24, 2.45) is 7.05 Å². The maximum atomic E-state index is 12.8. The zero-order chi connectivity index (χ0) is 22.0. The second-order valence-electron chi connectivity index (χ2n) is 7.03. The number of aromatic nitrogens is 6. The van der Waals surface area contributed by atoms with E-state index in [1.54, 1.807) is 47.5 Å². The minimum atomic E-state index is -0.682. The summed E-state index contributed by atoms with van der Waals surface area (Å²) in [6, 6.07) is 6.83. The number of benzene rings is 1. The molecule has 1 amide bonds. The fraction of sp³-hybridized carbons (Fsp3) is 0.200. The monoisotopic (exact) mass is 473 g/mol. The zero-order valence-corrected chi connectivity index (χ0v) is 18.9. The molecule has 0 radical (unpaired) electrons. The summed E-state index contributed by atoms with van der Waals surface area (Å²) in [6.45, 7) is 2.21. The fourth-order valence-corrected chi connectivity index (χ4v) is 4.37. The van der Waals surface area contributed by atoms with E-state index in [9.17, 15) is 4.79 Å². The molecule has 1 N–H and O–H groups in total. The fourth-order valence-electron chi connectivity index (χ4n) is 3.02. The predicted octanol–water partition coefficient (Wildman–Crippen LogP) is 3.77. The van der Waals surface area contributed by atoms with Crippen LogP contribution in [0.5, 0.6) is 0 Å². The third-order valence-corrected chi connectivity index (χ3v) is 6.29. The number of nitrogens with zero attached hydrogens (tertiary/aromatic N) is 6. The zero-order valence-electron chi connectivity index (χ0n) is 16.6. The lowest BCUT2D eigenvalue weighted by molar-refractivity contribution is 0.0945. The average Bonchev–Trinajstić information content (AvgIpc) is 3.42. The molecule has 0 aliphatic rings. The summed E-state index contributed by atoms with van der Waals surface area (Å²) in [5, 5.41) is 17.0. The van der Waals surface area contributed by atoms with Crippen molar-refractivity contribution < 1.29 is 4.79 Å². The first-order chi connectivity index (χ1) is 14.9. The number of carbonyl (C=O) groups is 1. The normalized spacial score (nSPS) is 13.0. The first-order valence-corrected chi connectivity index (χ1v) is 10.8. The molecule has 11 heteroatoms. The van der Waals surface area contributed by atoms with Gasteiger partial charge >= 0.3 is 0 Å². The Labute approximate surface area is 192 Å². The molecular formula is C20H17Cl2N7OS. The van der Waals surface area contributed by atoms with Crippen molar-refractivity contribution in [2.75, 3.05) is 6.54 Å². The lowest BCUT2D eigenvalue weighted by Crippen LogP contribution is -2.40. The van der Waals surface area contributed by atoms with Gasteiger partial charge in [0.2, 0.25) is 5.01 Å². The van der Waals surface area contributed by atoms with Crippen LogP contribution < -0.4 is 5.32 Å². The van der Waals surface area contributed by atoms with Crippen molar-refractivity contribution in [3.63, 3.8) is 0 Å². The summed E-state index contributed by atoms with van der Waals surface area (Å²) in [6.07, 6.45) is 6.97. The van der Waals surface area contributed by atoms with Gasteiger partial charge < -0.3 is 5.32 Å². The third-order valence-electron chi connectivity index (χ3n) is 4.78. The van der Waals surface area contributed by atoms with E-state index in [4.69, 9.17) is 23.2 Å². The van der Waals surface area contributed by atoms with Crippen LogP contribution in [-0.4, -0.2) is 42.4 Å². The van der Waals surface area contributed by atoms with E-state index < -0.39 is 5.41 Å². The molecule has 8 nitrogen and oxygen atoms in total. The van der Waals surface area contributed by atoms with Gasteiger partial charge in [0.1, 0.15) is 10.8 Å². The van der Waals surface area contributed by atoms with Crippen LogP contribution in [-0.2, 0) is 12.5 Å². The molecule has 0 bridgehead atoms. The molecule has 1 aromatic carbocycles. The summed E-state index contributed by atoms with van der Waals surface area (Å²) < 4.78 is 1.70. The molecule has 31 heavy (non-hydrogen) atoms. The van der Waals surface area contributed by atoms with E-state index in [0.717, 1.165) is 16.9 Å². The molecule has 0 saturated carbocycles. The van der Waals surface area contributed by atoms with Crippen molar-refractivity contribution in [3.8, 4) is 10.6 Å². The minimum Gasteiger partial charge on any atom is -0.349 e. The molecule has 4 aromatic rings. The maximum absolute atomic E-state index is 12.8. The van der Waals surface area contributed by atoms with Crippen LogP contribution in [0.3, 0.4) is 0 Å². The van der Waals surface area contributed by atoms with Crippen molar-refractivity contribution in [1.82, 2.24) is 35.3 Å². The van der Waals surface area contributed by atoms with Crippen LogP contribution in [0.4, 0.5) is 0 Å². The number of hydrogen-bond acceptors (Lipinski definition) is 7. The molecular weight excluding hydrogens is 457 g/mol. The highest BCUT2D eigenvalue weighted by atomic mass is 35.5. The molecule has 158 valence electrons. The van der Waals surface area contributed by atoms with E-state index in [0.29, 0.717) is 26.4 Å². The van der Waals surface area contributed by atoms with E-state index in [1.807, 2.05) is 20.2 Å². The van der Waals surface area contributed by atoms with Gasteiger partial charge in [0, 0.05) is 48.3 Å². The molecule has 3 heterocycles. The van der Waals surface area contributed by atoms with Crippen molar-refractivity contribution in [2.45, 2.75) is 12.3 Å². The van der Waals surface area contributed by atoms with Crippen LogP contribution >= 0.6 is 34.5 Å². The SMILES string of the molecule is Cn1cc(C(C)(CNC(=O)c2nnc(-c3ccc(Cl)cc3Cl)s2)c2ncccn2)cn1. The number of hydrogen-bond donors (Lipinski definition) is 1. The van der Waals surface area contributed by atoms with Gasteiger partial charge in [-0.2, -0.15) is 5.10 Å². The molecule has 3 aromatic heterocycles. The third kappa shape index (κ3) is 4.43. The Morgan fingerprint density at radius 3 is 2.68 bits per heavy atom. The highest BCUT2D eigenvalue weighted by molar-refractivity contribution is 7.16. The van der Waals surface area contributed by atoms with E-state index in [-0.39, 0.29) is 17.5 Å². The van der Waals surface area contributed by atoms with Crippen LogP contribution in [0.15, 0.2) is 49.1 Å². The average molecular weight is 474 g/mol. The van der Waals surface area contributed by atoms with Crippen LogP contribution in [0.1, 0.15) is 28.1 Å². The number of rotatable bonds is 6. The Hall–Kier alpha value is -2.88. The van der Waals surface area contributed by atoms with Crippen molar-refractivity contribution in [1.29, 1.82) is 0 Å². The number of amides is 1. The lowest BCUT2D eigenvalue weighted by Gasteiger charge is -2.27. The van der Waals surface area contributed by atoms with Crippen LogP contribution in [0, 0.1) is 0 Å². The molecule has 0 aliphatic carbocycles. The summed E-state index contributed by atoms with van der Waals surface area (Å²) in [7, 11) is 1.83. The topological polar surface area (TPSA) is 98.5 Å². The molecule has 0 fully saturated rings. The largest absolute Gasteiger partial charge is 0.349 e. The van der Waals surface area contributed by atoms with Gasteiger partial charge in [-0.1, -0.05) is 34.5 Å². The Balaban J connectivity index is 1.56. The lowest BCUT2D eigenvalue weighted by atomic mass is 9.83.